The molecule has 2 heterocycles. The molecule has 27 heavy (non-hydrogen) atoms. The first-order chi connectivity index (χ1) is 13.0. The van der Waals surface area contributed by atoms with Gasteiger partial charge in [-0.15, -0.1) is 11.3 Å². The van der Waals surface area contributed by atoms with Crippen LogP contribution in [-0.2, 0) is 11.3 Å². The monoisotopic (exact) mass is 405 g/mol. The van der Waals surface area contributed by atoms with Crippen LogP contribution in [0.15, 0.2) is 45.7 Å². The molecule has 0 atom stereocenters. The molecule has 0 saturated heterocycles. The number of rotatable bonds is 7. The van der Waals surface area contributed by atoms with Crippen LogP contribution in [0.25, 0.3) is 10.2 Å². The Morgan fingerprint density at radius 1 is 1.33 bits per heavy atom. The predicted molar refractivity (Wildman–Crippen MR) is 109 cm³/mol. The summed E-state index contributed by atoms with van der Waals surface area (Å²) < 4.78 is 15.9. The number of hydrogen-bond acceptors (Lipinski definition) is 5. The minimum Gasteiger partial charge on any atom is -0.323 e. The van der Waals surface area contributed by atoms with Crippen LogP contribution in [0.5, 0.6) is 0 Å². The van der Waals surface area contributed by atoms with Gasteiger partial charge in [0.05, 0.1) is 17.0 Å². The summed E-state index contributed by atoms with van der Waals surface area (Å²) in [4.78, 5) is 29.5. The molecule has 1 amide bonds. The van der Waals surface area contributed by atoms with Gasteiger partial charge in [0.15, 0.2) is 5.16 Å². The largest absolute Gasteiger partial charge is 0.323 e. The van der Waals surface area contributed by atoms with Gasteiger partial charge in [0.1, 0.15) is 10.5 Å². The average molecular weight is 406 g/mol. The van der Waals surface area contributed by atoms with Crippen molar-refractivity contribution in [2.75, 3.05) is 11.1 Å². The first-order valence-electron chi connectivity index (χ1n) is 8.61. The maximum Gasteiger partial charge on any atom is 0.272 e. The third-order valence-electron chi connectivity index (χ3n) is 3.94. The van der Waals surface area contributed by atoms with Crippen LogP contribution in [0.3, 0.4) is 0 Å². The highest BCUT2D eigenvalue weighted by Crippen LogP contribution is 2.22. The molecular formula is C19H20FN3O2S2. The van der Waals surface area contributed by atoms with Crippen molar-refractivity contribution in [2.45, 2.75) is 32.0 Å². The summed E-state index contributed by atoms with van der Waals surface area (Å²) >= 11 is 2.56. The van der Waals surface area contributed by atoms with E-state index in [2.05, 4.69) is 24.1 Å². The van der Waals surface area contributed by atoms with E-state index in [0.717, 1.165) is 6.42 Å². The Labute approximate surface area is 164 Å². The number of nitrogens with zero attached hydrogens (tertiary/aromatic N) is 2. The van der Waals surface area contributed by atoms with Crippen molar-refractivity contribution in [1.29, 1.82) is 0 Å². The zero-order valence-corrected chi connectivity index (χ0v) is 16.7. The number of nitrogens with one attached hydrogen (secondary N) is 1. The molecule has 0 aliphatic carbocycles. The van der Waals surface area contributed by atoms with Gasteiger partial charge in [0.25, 0.3) is 5.56 Å². The lowest BCUT2D eigenvalue weighted by molar-refractivity contribution is -0.113. The number of thioether (sulfide) groups is 1. The Morgan fingerprint density at radius 2 is 2.11 bits per heavy atom. The van der Waals surface area contributed by atoms with Crippen molar-refractivity contribution in [1.82, 2.24) is 9.55 Å². The molecular weight excluding hydrogens is 385 g/mol. The smallest absolute Gasteiger partial charge is 0.272 e. The van der Waals surface area contributed by atoms with Crippen LogP contribution in [-0.4, -0.2) is 21.2 Å². The van der Waals surface area contributed by atoms with Gasteiger partial charge in [-0.3, -0.25) is 14.2 Å². The number of para-hydroxylation sites is 1. The predicted octanol–water partition coefficient (Wildman–Crippen LogP) is 4.37. The van der Waals surface area contributed by atoms with Crippen LogP contribution >= 0.6 is 23.1 Å². The quantitative estimate of drug-likeness (QED) is 0.468. The fourth-order valence-electron chi connectivity index (χ4n) is 2.50. The van der Waals surface area contributed by atoms with E-state index < -0.39 is 5.82 Å². The first-order valence-corrected chi connectivity index (χ1v) is 10.5. The normalized spacial score (nSPS) is 11.3. The Bertz CT molecular complexity index is 1010. The van der Waals surface area contributed by atoms with Gasteiger partial charge in [-0.1, -0.05) is 37.7 Å². The Balaban J connectivity index is 1.78. The SMILES string of the molecule is CC(C)CCn1c(SCC(=O)Nc2ccccc2F)nc2ccsc2c1=O. The van der Waals surface area contributed by atoms with Crippen LogP contribution < -0.4 is 10.9 Å². The van der Waals surface area contributed by atoms with E-state index in [-0.39, 0.29) is 22.9 Å². The maximum atomic E-state index is 13.7. The molecule has 0 aliphatic heterocycles. The Hall–Kier alpha value is -2.19. The molecule has 0 saturated carbocycles. The molecule has 0 aliphatic rings. The van der Waals surface area contributed by atoms with E-state index >= 15 is 0 Å². The summed E-state index contributed by atoms with van der Waals surface area (Å²) in [6.45, 7) is 4.74. The number of carbonyl (C=O) groups excluding carboxylic acids is 1. The third-order valence-corrected chi connectivity index (χ3v) is 5.81. The summed E-state index contributed by atoms with van der Waals surface area (Å²) in [5.41, 5.74) is 0.706. The molecule has 0 fully saturated rings. The highest BCUT2D eigenvalue weighted by atomic mass is 32.2. The van der Waals surface area contributed by atoms with Crippen molar-refractivity contribution in [3.63, 3.8) is 0 Å². The molecule has 3 rings (SSSR count). The number of hydrogen-bond donors (Lipinski definition) is 1. The van der Waals surface area contributed by atoms with E-state index in [1.54, 1.807) is 22.8 Å². The lowest BCUT2D eigenvalue weighted by Crippen LogP contribution is -2.24. The van der Waals surface area contributed by atoms with Gasteiger partial charge in [-0.05, 0) is 35.9 Å². The van der Waals surface area contributed by atoms with Crippen LogP contribution in [0, 0.1) is 11.7 Å². The number of fused-ring (bicyclic) bond motifs is 1. The fraction of sp³-hybridized carbons (Fsp3) is 0.316. The number of halogens is 1. The van der Waals surface area contributed by atoms with Crippen molar-refractivity contribution < 1.29 is 9.18 Å². The van der Waals surface area contributed by atoms with Crippen LogP contribution in [0.4, 0.5) is 10.1 Å². The first kappa shape index (κ1) is 19.6. The standard InChI is InChI=1S/C19H20FN3O2S2/c1-12(2)7-9-23-18(25)17-15(8-10-26-17)22-19(23)27-11-16(24)21-14-6-4-3-5-13(14)20/h3-6,8,10,12H,7,9,11H2,1-2H3,(H,21,24). The summed E-state index contributed by atoms with van der Waals surface area (Å²) in [6.07, 6.45) is 0.841. The minimum atomic E-state index is -0.484. The van der Waals surface area contributed by atoms with Gasteiger partial charge < -0.3 is 5.32 Å². The summed E-state index contributed by atoms with van der Waals surface area (Å²) in [6, 6.07) is 7.82. The maximum absolute atomic E-state index is 13.7. The molecule has 3 aromatic rings. The number of anilines is 1. The second-order valence-electron chi connectivity index (χ2n) is 6.49. The molecule has 0 radical (unpaired) electrons. The number of carbonyl (C=O) groups is 1. The van der Waals surface area contributed by atoms with Crippen LogP contribution in [0.1, 0.15) is 20.3 Å². The van der Waals surface area contributed by atoms with Crippen molar-refractivity contribution in [2.24, 2.45) is 5.92 Å². The van der Waals surface area contributed by atoms with Gasteiger partial charge in [0.2, 0.25) is 5.91 Å². The minimum absolute atomic E-state index is 0.0398. The van der Waals surface area contributed by atoms with Crippen molar-refractivity contribution in [3.8, 4) is 0 Å². The topological polar surface area (TPSA) is 64.0 Å². The number of benzene rings is 1. The second kappa shape index (κ2) is 8.67. The highest BCUT2D eigenvalue weighted by Gasteiger charge is 2.15. The van der Waals surface area contributed by atoms with E-state index in [1.165, 1.54) is 35.2 Å². The molecule has 142 valence electrons. The molecule has 0 bridgehead atoms. The molecule has 5 nitrogen and oxygen atoms in total. The number of thiophene rings is 1. The highest BCUT2D eigenvalue weighted by molar-refractivity contribution is 7.99. The van der Waals surface area contributed by atoms with Crippen molar-refractivity contribution >= 4 is 44.9 Å². The molecule has 1 aromatic carbocycles. The zero-order chi connectivity index (χ0) is 19.4. The molecule has 1 N–H and O–H groups in total. The second-order valence-corrected chi connectivity index (χ2v) is 8.34. The van der Waals surface area contributed by atoms with Gasteiger partial charge >= 0.3 is 0 Å². The Kier molecular flexibility index (Phi) is 6.28. The fourth-order valence-corrected chi connectivity index (χ4v) is 4.10. The summed E-state index contributed by atoms with van der Waals surface area (Å²) in [5, 5.41) is 4.90. The summed E-state index contributed by atoms with van der Waals surface area (Å²) in [5.74, 6) is -0.348. The van der Waals surface area contributed by atoms with E-state index in [4.69, 9.17) is 0 Å². The third kappa shape index (κ3) is 4.75. The molecule has 8 heteroatoms. The van der Waals surface area contributed by atoms with Gasteiger partial charge in [-0.2, -0.15) is 0 Å². The molecule has 0 unspecified atom stereocenters. The molecule has 2 aromatic heterocycles. The molecule has 0 spiro atoms. The zero-order valence-electron chi connectivity index (χ0n) is 15.1. The van der Waals surface area contributed by atoms with Crippen molar-refractivity contribution in [3.05, 3.63) is 51.9 Å². The van der Waals surface area contributed by atoms with E-state index in [1.807, 2.05) is 5.38 Å². The van der Waals surface area contributed by atoms with E-state index in [0.29, 0.717) is 27.8 Å². The van der Waals surface area contributed by atoms with Gasteiger partial charge in [-0.25, -0.2) is 9.37 Å². The number of aromatic nitrogens is 2. The Morgan fingerprint density at radius 3 is 2.85 bits per heavy atom. The van der Waals surface area contributed by atoms with Crippen LogP contribution in [0.2, 0.25) is 0 Å². The lowest BCUT2D eigenvalue weighted by atomic mass is 10.1. The lowest BCUT2D eigenvalue weighted by Gasteiger charge is -2.13. The number of amides is 1. The van der Waals surface area contributed by atoms with Gasteiger partial charge in [0, 0.05) is 6.54 Å². The van der Waals surface area contributed by atoms with E-state index in [9.17, 15) is 14.0 Å². The average Bonchev–Trinajstić information content (AvgIpc) is 3.10. The summed E-state index contributed by atoms with van der Waals surface area (Å²) in [7, 11) is 0.